The molecule has 11 nitrogen and oxygen atoms in total. The predicted molar refractivity (Wildman–Crippen MR) is 144 cm³/mol. The third-order valence-electron chi connectivity index (χ3n) is 8.04. The van der Waals surface area contributed by atoms with Crippen LogP contribution in [-0.2, 0) is 25.7 Å². The lowest BCUT2D eigenvalue weighted by molar-refractivity contribution is -0.193. The Morgan fingerprint density at radius 2 is 1.28 bits per heavy atom. The highest BCUT2D eigenvalue weighted by Crippen LogP contribution is 2.62. The van der Waals surface area contributed by atoms with Crippen molar-refractivity contribution < 1.29 is 74.0 Å². The first-order valence-corrected chi connectivity index (χ1v) is 13.7. The molecule has 3 aliphatic rings. The maximum atomic E-state index is 13.1. The first kappa shape index (κ1) is 41.3. The Kier molecular flexibility index (Phi) is 14.0. The van der Waals surface area contributed by atoms with Gasteiger partial charge in [0.1, 0.15) is 0 Å². The van der Waals surface area contributed by atoms with Gasteiger partial charge < -0.3 is 25.1 Å². The molecular formula is C27H35F9N4O7. The number of alkyl halides is 9. The number of hydrogen-bond acceptors (Lipinski definition) is 7. The topological polar surface area (TPSA) is 152 Å². The number of carbonyl (C=O) groups excluding carboxylic acids is 1. The first-order chi connectivity index (χ1) is 21.3. The van der Waals surface area contributed by atoms with Crippen LogP contribution in [0, 0.1) is 16.7 Å². The van der Waals surface area contributed by atoms with Gasteiger partial charge in [0.2, 0.25) is 5.91 Å². The predicted octanol–water partition coefficient (Wildman–Crippen LogP) is 3.99. The number of carboxylic acid groups (broad SMARTS) is 3. The van der Waals surface area contributed by atoms with Crippen molar-refractivity contribution in [1.29, 1.82) is 0 Å². The van der Waals surface area contributed by atoms with Crippen LogP contribution in [0.3, 0.4) is 0 Å². The molecular weight excluding hydrogens is 663 g/mol. The van der Waals surface area contributed by atoms with Gasteiger partial charge in [-0.05, 0) is 69.3 Å². The van der Waals surface area contributed by atoms with E-state index in [2.05, 4.69) is 34.0 Å². The number of carbonyl (C=O) groups is 4. The van der Waals surface area contributed by atoms with Crippen molar-refractivity contribution in [2.45, 2.75) is 50.8 Å². The Hall–Kier alpha value is -3.68. The third kappa shape index (κ3) is 11.8. The van der Waals surface area contributed by atoms with Crippen LogP contribution in [0.2, 0.25) is 0 Å². The van der Waals surface area contributed by atoms with E-state index in [1.54, 1.807) is 0 Å². The zero-order valence-corrected chi connectivity index (χ0v) is 25.4. The smallest absolute Gasteiger partial charge is 0.475 e. The van der Waals surface area contributed by atoms with Crippen LogP contribution in [-0.4, -0.2) is 125 Å². The molecule has 3 heterocycles. The van der Waals surface area contributed by atoms with Gasteiger partial charge in [0, 0.05) is 39.9 Å². The molecule has 2 atom stereocenters. The fraction of sp³-hybridized carbons (Fsp3) is 0.667. The summed E-state index contributed by atoms with van der Waals surface area (Å²) in [6, 6.07) is 6.16. The van der Waals surface area contributed by atoms with E-state index in [0.29, 0.717) is 17.2 Å². The van der Waals surface area contributed by atoms with Crippen LogP contribution in [0.1, 0.15) is 31.4 Å². The number of halogens is 9. The number of rotatable bonds is 3. The molecule has 3 fully saturated rings. The quantitative estimate of drug-likeness (QED) is 0.396. The standard InChI is InChI=1S/C21H32N4O.3C2HF3O2/c1-23(2)19(26)21-8-7-20(18(21)15-24(3)16-21)9-12-25(13-10-20)14-17-6-4-5-11-22-17;3*3-2(4,5)1(6)7/h4-6,11,18H,7-10,12-16H2,1-3H3;3*(H,6,7)/t18-,21+;;;/m0.../s1. The molecule has 0 radical (unpaired) electrons. The summed E-state index contributed by atoms with van der Waals surface area (Å²) in [5.41, 5.74) is 1.38. The summed E-state index contributed by atoms with van der Waals surface area (Å²) in [7, 11) is 6.03. The number of aliphatic carboxylic acids is 3. The number of aromatic nitrogens is 1. The fourth-order valence-electron chi connectivity index (χ4n) is 6.07. The lowest BCUT2D eigenvalue weighted by Crippen LogP contribution is -2.48. The lowest BCUT2D eigenvalue weighted by atomic mass is 9.65. The van der Waals surface area contributed by atoms with Crippen molar-refractivity contribution in [3.05, 3.63) is 30.1 Å². The summed E-state index contributed by atoms with van der Waals surface area (Å²) in [5, 5.41) is 21.4. The van der Waals surface area contributed by atoms with Crippen molar-refractivity contribution in [2.24, 2.45) is 16.7 Å². The normalized spacial score (nSPS) is 22.3. The number of carboxylic acids is 3. The maximum absolute atomic E-state index is 13.1. The van der Waals surface area contributed by atoms with E-state index in [0.717, 1.165) is 44.8 Å². The van der Waals surface area contributed by atoms with Crippen LogP contribution >= 0.6 is 0 Å². The highest BCUT2D eigenvalue weighted by Gasteiger charge is 2.64. The Labute approximate surface area is 262 Å². The zero-order chi connectivity index (χ0) is 36.6. The van der Waals surface area contributed by atoms with E-state index in [9.17, 15) is 44.3 Å². The second kappa shape index (κ2) is 15.9. The summed E-state index contributed by atoms with van der Waals surface area (Å²) in [4.78, 5) is 51.0. The minimum atomic E-state index is -5.08. The van der Waals surface area contributed by atoms with Crippen molar-refractivity contribution in [3.63, 3.8) is 0 Å². The van der Waals surface area contributed by atoms with Crippen LogP contribution in [0.25, 0.3) is 0 Å². The number of piperidine rings is 1. The molecule has 268 valence electrons. The SMILES string of the molecule is CN1C[C@H]2C3(CCN(Cc4ccccn4)CC3)CC[C@@]2(C(=O)N(C)C)C1.O=C(O)C(F)(F)F.O=C(O)C(F)(F)F.O=C(O)C(F)(F)F. The van der Waals surface area contributed by atoms with E-state index in [1.807, 2.05) is 31.3 Å². The summed E-state index contributed by atoms with van der Waals surface area (Å²) in [6.45, 7) is 5.23. The summed E-state index contributed by atoms with van der Waals surface area (Å²) in [5.74, 6) is -7.39. The second-order valence-electron chi connectivity index (χ2n) is 11.5. The molecule has 3 N–H and O–H groups in total. The molecule has 1 aliphatic carbocycles. The molecule has 1 saturated carbocycles. The average molecular weight is 699 g/mol. The zero-order valence-electron chi connectivity index (χ0n) is 25.4. The van der Waals surface area contributed by atoms with Crippen LogP contribution < -0.4 is 0 Å². The Bertz CT molecular complexity index is 1160. The number of fused-ring (bicyclic) bond motifs is 2. The van der Waals surface area contributed by atoms with Crippen LogP contribution in [0.15, 0.2) is 24.4 Å². The van der Waals surface area contributed by atoms with E-state index in [4.69, 9.17) is 29.7 Å². The molecule has 2 aliphatic heterocycles. The Morgan fingerprint density at radius 1 is 0.830 bits per heavy atom. The summed E-state index contributed by atoms with van der Waals surface area (Å²) < 4.78 is 95.2. The Balaban J connectivity index is 0.000000430. The first-order valence-electron chi connectivity index (χ1n) is 13.7. The molecule has 1 aromatic heterocycles. The highest BCUT2D eigenvalue weighted by atomic mass is 19.4. The summed E-state index contributed by atoms with van der Waals surface area (Å²) >= 11 is 0. The van der Waals surface area contributed by atoms with Crippen molar-refractivity contribution in [3.8, 4) is 0 Å². The van der Waals surface area contributed by atoms with Crippen molar-refractivity contribution >= 4 is 23.8 Å². The number of nitrogens with zero attached hydrogens (tertiary/aromatic N) is 4. The number of pyridine rings is 1. The van der Waals surface area contributed by atoms with Gasteiger partial charge in [-0.25, -0.2) is 14.4 Å². The van der Waals surface area contributed by atoms with Gasteiger partial charge in [-0.2, -0.15) is 39.5 Å². The number of likely N-dealkylation sites (tertiary alicyclic amines) is 2. The lowest BCUT2D eigenvalue weighted by Gasteiger charge is -2.44. The molecule has 4 rings (SSSR count). The number of hydrogen-bond donors (Lipinski definition) is 3. The fourth-order valence-corrected chi connectivity index (χ4v) is 6.07. The Morgan fingerprint density at radius 3 is 1.64 bits per heavy atom. The van der Waals surface area contributed by atoms with Gasteiger partial charge in [-0.1, -0.05) is 6.07 Å². The third-order valence-corrected chi connectivity index (χ3v) is 8.04. The maximum Gasteiger partial charge on any atom is 0.490 e. The summed E-state index contributed by atoms with van der Waals surface area (Å²) in [6.07, 6.45) is -8.63. The van der Waals surface area contributed by atoms with Gasteiger partial charge in [-0.3, -0.25) is 14.7 Å². The minimum absolute atomic E-state index is 0.137. The molecule has 1 aromatic rings. The van der Waals surface area contributed by atoms with Crippen molar-refractivity contribution in [2.75, 3.05) is 47.3 Å². The van der Waals surface area contributed by atoms with Crippen molar-refractivity contribution in [1.82, 2.24) is 19.7 Å². The monoisotopic (exact) mass is 698 g/mol. The van der Waals surface area contributed by atoms with E-state index in [-0.39, 0.29) is 5.41 Å². The minimum Gasteiger partial charge on any atom is -0.475 e. The van der Waals surface area contributed by atoms with Gasteiger partial charge in [0.05, 0.1) is 11.1 Å². The molecule has 1 spiro atoms. The van der Waals surface area contributed by atoms with Gasteiger partial charge in [0.15, 0.2) is 0 Å². The van der Waals surface area contributed by atoms with Gasteiger partial charge in [0.25, 0.3) is 0 Å². The molecule has 0 unspecified atom stereocenters. The molecule has 0 bridgehead atoms. The van der Waals surface area contributed by atoms with E-state index >= 15 is 0 Å². The van der Waals surface area contributed by atoms with Crippen LogP contribution in [0.5, 0.6) is 0 Å². The average Bonchev–Trinajstić information content (AvgIpc) is 3.43. The molecule has 2 saturated heterocycles. The largest absolute Gasteiger partial charge is 0.490 e. The van der Waals surface area contributed by atoms with E-state index in [1.165, 1.54) is 19.3 Å². The molecule has 20 heteroatoms. The molecule has 0 aromatic carbocycles. The van der Waals surface area contributed by atoms with Crippen LogP contribution in [0.4, 0.5) is 39.5 Å². The molecule has 47 heavy (non-hydrogen) atoms. The van der Waals surface area contributed by atoms with Gasteiger partial charge >= 0.3 is 36.4 Å². The molecule has 1 amide bonds. The highest BCUT2D eigenvalue weighted by molar-refractivity contribution is 5.84. The second-order valence-corrected chi connectivity index (χ2v) is 11.5. The number of amides is 1. The van der Waals surface area contributed by atoms with E-state index < -0.39 is 36.4 Å². The van der Waals surface area contributed by atoms with Gasteiger partial charge in [-0.15, -0.1) is 0 Å².